The van der Waals surface area contributed by atoms with E-state index in [0.29, 0.717) is 12.2 Å². The van der Waals surface area contributed by atoms with E-state index in [1.807, 2.05) is 13.1 Å². The average molecular weight is 206 g/mol. The third-order valence-corrected chi connectivity index (χ3v) is 2.09. The van der Waals surface area contributed by atoms with Crippen LogP contribution in [0.2, 0.25) is 0 Å². The summed E-state index contributed by atoms with van der Waals surface area (Å²) < 4.78 is 15.1. The lowest BCUT2D eigenvalue weighted by atomic mass is 10.1. The number of rotatable bonds is 3. The lowest BCUT2D eigenvalue weighted by Gasteiger charge is -2.09. The van der Waals surface area contributed by atoms with Crippen molar-refractivity contribution in [3.8, 4) is 5.69 Å². The summed E-state index contributed by atoms with van der Waals surface area (Å²) >= 11 is 0. The zero-order chi connectivity index (χ0) is 10.7. The largest absolute Gasteiger partial charge is 0.316 e. The lowest BCUT2D eigenvalue weighted by Crippen LogP contribution is -2.10. The summed E-state index contributed by atoms with van der Waals surface area (Å²) in [5, 5.41) is 6.91. The third kappa shape index (κ3) is 1.87. The second-order valence-electron chi connectivity index (χ2n) is 3.12. The van der Waals surface area contributed by atoms with Crippen molar-refractivity contribution in [2.24, 2.45) is 0 Å². The number of halogens is 1. The molecule has 0 aliphatic heterocycles. The van der Waals surface area contributed by atoms with Crippen molar-refractivity contribution in [1.82, 2.24) is 20.1 Å². The quantitative estimate of drug-likeness (QED) is 0.818. The molecule has 1 N–H and O–H groups in total. The second-order valence-corrected chi connectivity index (χ2v) is 3.12. The molecule has 0 fully saturated rings. The fourth-order valence-electron chi connectivity index (χ4n) is 1.47. The Hall–Kier alpha value is -1.75. The Labute approximate surface area is 86.8 Å². The molecule has 0 bridgehead atoms. The predicted molar refractivity (Wildman–Crippen MR) is 54.1 cm³/mol. The van der Waals surface area contributed by atoms with E-state index in [0.717, 1.165) is 5.56 Å². The molecule has 2 rings (SSSR count). The highest BCUT2D eigenvalue weighted by atomic mass is 19.1. The number of nitrogens with one attached hydrogen (secondary N) is 1. The summed E-state index contributed by atoms with van der Waals surface area (Å²) in [5.41, 5.74) is 1.30. The van der Waals surface area contributed by atoms with Crippen LogP contribution in [0, 0.1) is 5.82 Å². The normalized spacial score (nSPS) is 10.5. The first-order valence-electron chi connectivity index (χ1n) is 4.60. The van der Waals surface area contributed by atoms with E-state index in [1.165, 1.54) is 23.4 Å². The van der Waals surface area contributed by atoms with Crippen molar-refractivity contribution < 1.29 is 4.39 Å². The van der Waals surface area contributed by atoms with Crippen LogP contribution >= 0.6 is 0 Å². The Balaban J connectivity index is 2.52. The van der Waals surface area contributed by atoms with Crippen LogP contribution in [0.3, 0.4) is 0 Å². The molecule has 0 saturated heterocycles. The highest BCUT2D eigenvalue weighted by Crippen LogP contribution is 2.17. The number of aromatic nitrogens is 3. The second kappa shape index (κ2) is 4.18. The van der Waals surface area contributed by atoms with Gasteiger partial charge in [0.15, 0.2) is 0 Å². The van der Waals surface area contributed by atoms with E-state index in [9.17, 15) is 4.39 Å². The SMILES string of the molecule is CNCc1cccc(F)c1-n1cncn1. The lowest BCUT2D eigenvalue weighted by molar-refractivity contribution is 0.604. The van der Waals surface area contributed by atoms with Gasteiger partial charge in [0.1, 0.15) is 24.2 Å². The molecule has 5 heteroatoms. The molecule has 0 saturated carbocycles. The van der Waals surface area contributed by atoms with Crippen LogP contribution < -0.4 is 5.32 Å². The third-order valence-electron chi connectivity index (χ3n) is 2.09. The highest BCUT2D eigenvalue weighted by molar-refractivity contribution is 5.41. The van der Waals surface area contributed by atoms with Crippen molar-refractivity contribution >= 4 is 0 Å². The molecular formula is C10H11FN4. The summed E-state index contributed by atoms with van der Waals surface area (Å²) in [7, 11) is 1.82. The molecule has 0 atom stereocenters. The summed E-state index contributed by atoms with van der Waals surface area (Å²) in [6.45, 7) is 0.590. The van der Waals surface area contributed by atoms with Gasteiger partial charge in [-0.15, -0.1) is 0 Å². The standard InChI is InChI=1S/C10H11FN4/c1-12-5-8-3-2-4-9(11)10(8)15-7-13-6-14-15/h2-4,6-7,12H,5H2,1H3. The number of hydrogen-bond acceptors (Lipinski definition) is 3. The molecule has 4 nitrogen and oxygen atoms in total. The van der Waals surface area contributed by atoms with Gasteiger partial charge in [-0.05, 0) is 18.7 Å². The van der Waals surface area contributed by atoms with Crippen LogP contribution in [0.5, 0.6) is 0 Å². The van der Waals surface area contributed by atoms with Gasteiger partial charge >= 0.3 is 0 Å². The van der Waals surface area contributed by atoms with Gasteiger partial charge in [0.25, 0.3) is 0 Å². The molecule has 0 aliphatic rings. The molecule has 0 spiro atoms. The Morgan fingerprint density at radius 2 is 2.33 bits per heavy atom. The van der Waals surface area contributed by atoms with E-state index in [4.69, 9.17) is 0 Å². The first-order valence-corrected chi connectivity index (χ1v) is 4.60. The van der Waals surface area contributed by atoms with Crippen molar-refractivity contribution in [3.63, 3.8) is 0 Å². The molecule has 0 unspecified atom stereocenters. The van der Waals surface area contributed by atoms with E-state index in [1.54, 1.807) is 6.07 Å². The minimum atomic E-state index is -0.298. The van der Waals surface area contributed by atoms with E-state index in [-0.39, 0.29) is 5.82 Å². The van der Waals surface area contributed by atoms with E-state index in [2.05, 4.69) is 15.4 Å². The maximum Gasteiger partial charge on any atom is 0.149 e. The van der Waals surface area contributed by atoms with Gasteiger partial charge in [-0.25, -0.2) is 14.1 Å². The molecule has 2 aromatic rings. The van der Waals surface area contributed by atoms with Gasteiger partial charge in [0.2, 0.25) is 0 Å². The van der Waals surface area contributed by atoms with E-state index >= 15 is 0 Å². The first-order chi connectivity index (χ1) is 7.33. The van der Waals surface area contributed by atoms with Crippen LogP contribution in [0.1, 0.15) is 5.56 Å². The van der Waals surface area contributed by atoms with Crippen LogP contribution in [0.4, 0.5) is 4.39 Å². The molecule has 1 heterocycles. The summed E-state index contributed by atoms with van der Waals surface area (Å²) in [5.74, 6) is -0.298. The number of para-hydroxylation sites is 1. The molecule has 0 radical (unpaired) electrons. The van der Waals surface area contributed by atoms with Gasteiger partial charge in [-0.2, -0.15) is 5.10 Å². The molecule has 0 aliphatic carbocycles. The van der Waals surface area contributed by atoms with Crippen LogP contribution in [-0.4, -0.2) is 21.8 Å². The van der Waals surface area contributed by atoms with Crippen molar-refractivity contribution in [3.05, 3.63) is 42.2 Å². The zero-order valence-electron chi connectivity index (χ0n) is 8.31. The van der Waals surface area contributed by atoms with Gasteiger partial charge in [-0.1, -0.05) is 12.1 Å². The predicted octanol–water partition coefficient (Wildman–Crippen LogP) is 1.13. The summed E-state index contributed by atoms with van der Waals surface area (Å²) in [4.78, 5) is 3.81. The topological polar surface area (TPSA) is 42.7 Å². The van der Waals surface area contributed by atoms with E-state index < -0.39 is 0 Å². The van der Waals surface area contributed by atoms with Crippen LogP contribution in [0.25, 0.3) is 5.69 Å². The molecule has 1 aromatic heterocycles. The average Bonchev–Trinajstić information content (AvgIpc) is 2.71. The number of nitrogens with zero attached hydrogens (tertiary/aromatic N) is 3. The van der Waals surface area contributed by atoms with Crippen molar-refractivity contribution in [2.75, 3.05) is 7.05 Å². The van der Waals surface area contributed by atoms with Gasteiger partial charge in [0.05, 0.1) is 0 Å². The number of hydrogen-bond donors (Lipinski definition) is 1. The minimum absolute atomic E-state index is 0.298. The first kappa shape index (κ1) is 9.79. The molecule has 0 amide bonds. The molecule has 78 valence electrons. The maximum absolute atomic E-state index is 13.6. The molecular weight excluding hydrogens is 195 g/mol. The van der Waals surface area contributed by atoms with Crippen LogP contribution in [-0.2, 0) is 6.54 Å². The smallest absolute Gasteiger partial charge is 0.149 e. The fourth-order valence-corrected chi connectivity index (χ4v) is 1.47. The van der Waals surface area contributed by atoms with Crippen LogP contribution in [0.15, 0.2) is 30.9 Å². The Morgan fingerprint density at radius 1 is 1.47 bits per heavy atom. The minimum Gasteiger partial charge on any atom is -0.316 e. The number of benzene rings is 1. The Morgan fingerprint density at radius 3 is 3.00 bits per heavy atom. The Kier molecular flexibility index (Phi) is 2.73. The van der Waals surface area contributed by atoms with Gasteiger partial charge in [-0.3, -0.25) is 0 Å². The highest BCUT2D eigenvalue weighted by Gasteiger charge is 2.09. The summed E-state index contributed by atoms with van der Waals surface area (Å²) in [6, 6.07) is 4.95. The molecule has 1 aromatic carbocycles. The van der Waals surface area contributed by atoms with Crippen molar-refractivity contribution in [1.29, 1.82) is 0 Å². The Bertz CT molecular complexity index is 439. The van der Waals surface area contributed by atoms with Crippen molar-refractivity contribution in [2.45, 2.75) is 6.54 Å². The van der Waals surface area contributed by atoms with Gasteiger partial charge in [0, 0.05) is 6.54 Å². The zero-order valence-corrected chi connectivity index (χ0v) is 8.31. The fraction of sp³-hybridized carbons (Fsp3) is 0.200. The summed E-state index contributed by atoms with van der Waals surface area (Å²) in [6.07, 6.45) is 2.87. The molecule has 15 heavy (non-hydrogen) atoms. The maximum atomic E-state index is 13.6. The monoisotopic (exact) mass is 206 g/mol. The van der Waals surface area contributed by atoms with Gasteiger partial charge < -0.3 is 5.32 Å².